The first-order valence-corrected chi connectivity index (χ1v) is 8.54. The van der Waals surface area contributed by atoms with E-state index in [-0.39, 0.29) is 21.7 Å². The predicted molar refractivity (Wildman–Crippen MR) is 85.0 cm³/mol. The summed E-state index contributed by atoms with van der Waals surface area (Å²) >= 11 is 0. The number of fused-ring (bicyclic) bond motifs is 1. The maximum Gasteiger partial charge on any atom is 0.418 e. The molecule has 1 aromatic carbocycles. The number of rotatable bonds is 3. The van der Waals surface area contributed by atoms with Gasteiger partial charge < -0.3 is 4.74 Å². The van der Waals surface area contributed by atoms with Gasteiger partial charge in [0.05, 0.1) is 17.6 Å². The first kappa shape index (κ1) is 17.3. The number of nitrogens with zero attached hydrogens (tertiary/aromatic N) is 2. The van der Waals surface area contributed by atoms with Crippen molar-refractivity contribution in [3.05, 3.63) is 53.9 Å². The molecule has 0 aliphatic carbocycles. The maximum absolute atomic E-state index is 13.2. The fourth-order valence-corrected chi connectivity index (χ4v) is 3.84. The second-order valence-corrected chi connectivity index (χ2v) is 7.19. The maximum atomic E-state index is 13.2. The molecule has 2 aromatic heterocycles. The normalized spacial score (nSPS) is 12.5. The summed E-state index contributed by atoms with van der Waals surface area (Å²) in [4.78, 5) is 3.57. The van der Waals surface area contributed by atoms with E-state index < -0.39 is 21.8 Å². The third-order valence-electron chi connectivity index (χ3n) is 3.73. The van der Waals surface area contributed by atoms with Crippen molar-refractivity contribution in [3.63, 3.8) is 0 Å². The van der Waals surface area contributed by atoms with Crippen molar-refractivity contribution < 1.29 is 26.3 Å². The highest BCUT2D eigenvalue weighted by atomic mass is 32.2. The lowest BCUT2D eigenvalue weighted by Crippen LogP contribution is -2.13. The fourth-order valence-electron chi connectivity index (χ4n) is 2.49. The van der Waals surface area contributed by atoms with E-state index >= 15 is 0 Å². The smallest absolute Gasteiger partial charge is 0.418 e. The third-order valence-corrected chi connectivity index (χ3v) is 5.42. The number of hydrogen-bond donors (Lipinski definition) is 0. The lowest BCUT2D eigenvalue weighted by molar-refractivity contribution is -0.136. The number of benzene rings is 1. The lowest BCUT2D eigenvalue weighted by atomic mass is 10.2. The van der Waals surface area contributed by atoms with Crippen LogP contribution in [-0.4, -0.2) is 24.5 Å². The van der Waals surface area contributed by atoms with Crippen molar-refractivity contribution in [1.29, 1.82) is 0 Å². The minimum Gasteiger partial charge on any atom is -0.479 e. The summed E-state index contributed by atoms with van der Waals surface area (Å²) in [6.07, 6.45) is -2.97. The molecule has 0 saturated heterocycles. The number of aromatic nitrogens is 2. The highest BCUT2D eigenvalue weighted by Crippen LogP contribution is 2.38. The Labute approximate surface area is 141 Å². The first-order valence-electron chi connectivity index (χ1n) is 7.10. The summed E-state index contributed by atoms with van der Waals surface area (Å²) in [5, 5.41) is -0.296. The highest BCUT2D eigenvalue weighted by molar-refractivity contribution is 7.90. The van der Waals surface area contributed by atoms with Crippen LogP contribution in [0.5, 0.6) is 5.88 Å². The van der Waals surface area contributed by atoms with E-state index in [9.17, 15) is 21.6 Å². The summed E-state index contributed by atoms with van der Waals surface area (Å²) < 4.78 is 71.0. The van der Waals surface area contributed by atoms with Gasteiger partial charge in [-0.2, -0.15) is 13.2 Å². The molecular formula is C16H13F3N2O3S. The Hall–Kier alpha value is -2.55. The number of alkyl halides is 3. The lowest BCUT2D eigenvalue weighted by Gasteiger charge is -2.12. The van der Waals surface area contributed by atoms with E-state index in [0.29, 0.717) is 6.20 Å². The molecule has 0 bridgehead atoms. The standard InChI is InChI=1S/C16H13F3N2O3S/c1-10-3-5-11(6-4-10)25(22,23)21-8-7-12-13(16(17,18)19)9-20-15(24-2)14(12)21/h3-9H,1-2H3. The Morgan fingerprint density at radius 3 is 2.32 bits per heavy atom. The molecule has 0 fully saturated rings. The molecule has 3 aromatic rings. The van der Waals surface area contributed by atoms with Gasteiger partial charge in [0.25, 0.3) is 10.0 Å². The van der Waals surface area contributed by atoms with Gasteiger partial charge in [0.2, 0.25) is 5.88 Å². The van der Waals surface area contributed by atoms with Crippen molar-refractivity contribution in [2.75, 3.05) is 7.11 Å². The Kier molecular flexibility index (Phi) is 3.98. The van der Waals surface area contributed by atoms with Crippen molar-refractivity contribution in [2.45, 2.75) is 18.0 Å². The Morgan fingerprint density at radius 1 is 1.12 bits per heavy atom. The second kappa shape index (κ2) is 5.76. The Morgan fingerprint density at radius 2 is 1.76 bits per heavy atom. The van der Waals surface area contributed by atoms with Crippen LogP contribution in [0, 0.1) is 6.92 Å². The monoisotopic (exact) mass is 370 g/mol. The third kappa shape index (κ3) is 2.84. The molecular weight excluding hydrogens is 357 g/mol. The zero-order valence-corrected chi connectivity index (χ0v) is 14.0. The number of ether oxygens (including phenoxy) is 1. The Balaban J connectivity index is 2.32. The molecule has 3 rings (SSSR count). The molecule has 0 saturated carbocycles. The minimum absolute atomic E-state index is 0.0462. The zero-order chi connectivity index (χ0) is 18.4. The van der Waals surface area contributed by atoms with Crippen LogP contribution < -0.4 is 4.74 Å². The van der Waals surface area contributed by atoms with Crippen molar-refractivity contribution in [3.8, 4) is 5.88 Å². The molecule has 0 amide bonds. The second-order valence-electron chi connectivity index (χ2n) is 5.37. The average molecular weight is 370 g/mol. The summed E-state index contributed by atoms with van der Waals surface area (Å²) in [7, 11) is -2.89. The molecule has 0 spiro atoms. The molecule has 2 heterocycles. The zero-order valence-electron chi connectivity index (χ0n) is 13.2. The van der Waals surface area contributed by atoms with E-state index in [0.717, 1.165) is 21.8 Å². The van der Waals surface area contributed by atoms with E-state index in [2.05, 4.69) is 4.98 Å². The van der Waals surface area contributed by atoms with Gasteiger partial charge in [0.1, 0.15) is 5.52 Å². The average Bonchev–Trinajstić information content (AvgIpc) is 2.99. The summed E-state index contributed by atoms with van der Waals surface area (Å²) in [5.74, 6) is -0.205. The summed E-state index contributed by atoms with van der Waals surface area (Å²) in [6.45, 7) is 1.80. The van der Waals surface area contributed by atoms with E-state index in [1.807, 2.05) is 0 Å². The van der Waals surface area contributed by atoms with Gasteiger partial charge in [-0.1, -0.05) is 17.7 Å². The van der Waals surface area contributed by atoms with Gasteiger partial charge in [-0.25, -0.2) is 17.4 Å². The molecule has 5 nitrogen and oxygen atoms in total. The summed E-state index contributed by atoms with van der Waals surface area (Å²) in [5.41, 5.74) is -0.422. The quantitative estimate of drug-likeness (QED) is 0.707. The number of pyridine rings is 1. The SMILES string of the molecule is COc1ncc(C(F)(F)F)c2ccn(S(=O)(=O)c3ccc(C)cc3)c12. The molecule has 0 unspecified atom stereocenters. The molecule has 0 radical (unpaired) electrons. The molecule has 0 aliphatic rings. The van der Waals surface area contributed by atoms with Crippen molar-refractivity contribution in [1.82, 2.24) is 8.96 Å². The van der Waals surface area contributed by atoms with Gasteiger partial charge in [0.15, 0.2) is 0 Å². The molecule has 25 heavy (non-hydrogen) atoms. The fraction of sp³-hybridized carbons (Fsp3) is 0.188. The van der Waals surface area contributed by atoms with Gasteiger partial charge in [-0.05, 0) is 25.1 Å². The van der Waals surface area contributed by atoms with Crippen LogP contribution in [0.25, 0.3) is 10.9 Å². The van der Waals surface area contributed by atoms with Gasteiger partial charge in [-0.3, -0.25) is 0 Å². The van der Waals surface area contributed by atoms with E-state index in [4.69, 9.17) is 4.74 Å². The number of aryl methyl sites for hydroxylation is 1. The van der Waals surface area contributed by atoms with Gasteiger partial charge >= 0.3 is 6.18 Å². The molecule has 132 valence electrons. The van der Waals surface area contributed by atoms with Gasteiger partial charge in [-0.15, -0.1) is 0 Å². The van der Waals surface area contributed by atoms with Crippen LogP contribution in [0.3, 0.4) is 0 Å². The van der Waals surface area contributed by atoms with Crippen LogP contribution in [-0.2, 0) is 16.2 Å². The highest BCUT2D eigenvalue weighted by Gasteiger charge is 2.35. The van der Waals surface area contributed by atoms with E-state index in [1.165, 1.54) is 19.2 Å². The number of halogens is 3. The largest absolute Gasteiger partial charge is 0.479 e. The van der Waals surface area contributed by atoms with Crippen LogP contribution >= 0.6 is 0 Å². The molecule has 9 heteroatoms. The molecule has 0 atom stereocenters. The van der Waals surface area contributed by atoms with Crippen molar-refractivity contribution in [2.24, 2.45) is 0 Å². The number of hydrogen-bond acceptors (Lipinski definition) is 4. The van der Waals surface area contributed by atoms with E-state index in [1.54, 1.807) is 19.1 Å². The predicted octanol–water partition coefficient (Wildman–Crippen LogP) is 3.61. The van der Waals surface area contributed by atoms with Crippen molar-refractivity contribution >= 4 is 20.9 Å². The minimum atomic E-state index is -4.67. The van der Waals surface area contributed by atoms with Crippen LogP contribution in [0.15, 0.2) is 47.6 Å². The number of methoxy groups -OCH3 is 1. The van der Waals surface area contributed by atoms with Crippen LogP contribution in [0.2, 0.25) is 0 Å². The first-order chi connectivity index (χ1) is 11.7. The van der Waals surface area contributed by atoms with Crippen LogP contribution in [0.1, 0.15) is 11.1 Å². The topological polar surface area (TPSA) is 61.2 Å². The van der Waals surface area contributed by atoms with Gasteiger partial charge in [0, 0.05) is 17.8 Å². The molecule has 0 N–H and O–H groups in total. The summed E-state index contributed by atoms with van der Waals surface area (Å²) in [6, 6.07) is 7.09. The Bertz CT molecular complexity index is 1040. The molecule has 0 aliphatic heterocycles. The van der Waals surface area contributed by atoms with Crippen LogP contribution in [0.4, 0.5) is 13.2 Å².